The van der Waals surface area contributed by atoms with Crippen LogP contribution in [0.15, 0.2) is 42.9 Å². The van der Waals surface area contributed by atoms with Crippen molar-refractivity contribution in [3.05, 3.63) is 64.4 Å². The van der Waals surface area contributed by atoms with Crippen LogP contribution in [-0.2, 0) is 13.7 Å². The third-order valence-electron chi connectivity index (χ3n) is 4.22. The molecule has 0 fully saturated rings. The summed E-state index contributed by atoms with van der Waals surface area (Å²) in [6.45, 7) is 0.140. The highest BCUT2D eigenvalue weighted by Gasteiger charge is 2.21. The maximum absolute atomic E-state index is 15.1. The molecule has 6 nitrogen and oxygen atoms in total. The minimum absolute atomic E-state index is 0.140. The van der Waals surface area contributed by atoms with Crippen molar-refractivity contribution >= 4 is 39.9 Å². The van der Waals surface area contributed by atoms with Crippen molar-refractivity contribution in [2.45, 2.75) is 6.61 Å². The Kier molecular flexibility index (Phi) is 4.78. The molecule has 0 aliphatic carbocycles. The standard InChI is InChI=1S/C19H14Cl2FN5O/c1-27-6-5-10(26-27)8-28-14-7-13(22)15(11-3-2-4-12(20)17(11)21)18-16(14)19(23)25-9-24-18/h2-7,9H,8H2,1H3,(H2,23,24,25). The van der Waals surface area contributed by atoms with Gasteiger partial charge in [-0.1, -0.05) is 35.3 Å². The van der Waals surface area contributed by atoms with E-state index in [2.05, 4.69) is 15.1 Å². The van der Waals surface area contributed by atoms with Gasteiger partial charge in [0.05, 0.1) is 26.6 Å². The van der Waals surface area contributed by atoms with E-state index in [1.54, 1.807) is 42.2 Å². The van der Waals surface area contributed by atoms with Gasteiger partial charge in [-0.25, -0.2) is 14.4 Å². The normalized spacial score (nSPS) is 11.1. The van der Waals surface area contributed by atoms with Crippen molar-refractivity contribution in [2.24, 2.45) is 7.05 Å². The zero-order valence-corrected chi connectivity index (χ0v) is 16.2. The largest absolute Gasteiger partial charge is 0.486 e. The molecule has 0 bridgehead atoms. The first-order valence-corrected chi connectivity index (χ1v) is 8.99. The number of ether oxygens (including phenoxy) is 1. The number of hydrogen-bond donors (Lipinski definition) is 1. The van der Waals surface area contributed by atoms with Gasteiger partial charge in [-0.2, -0.15) is 5.10 Å². The van der Waals surface area contributed by atoms with Crippen LogP contribution in [0.4, 0.5) is 10.2 Å². The Morgan fingerprint density at radius 1 is 1.21 bits per heavy atom. The number of nitrogens with two attached hydrogens (primary N) is 1. The zero-order chi connectivity index (χ0) is 19.8. The van der Waals surface area contributed by atoms with Crippen LogP contribution in [0.1, 0.15) is 5.69 Å². The molecule has 0 spiro atoms. The monoisotopic (exact) mass is 417 g/mol. The van der Waals surface area contributed by atoms with Crippen molar-refractivity contribution in [1.29, 1.82) is 0 Å². The molecule has 142 valence electrons. The van der Waals surface area contributed by atoms with E-state index in [-0.39, 0.29) is 34.3 Å². The van der Waals surface area contributed by atoms with Gasteiger partial charge in [0.2, 0.25) is 0 Å². The Labute approximate surface area is 169 Å². The molecule has 28 heavy (non-hydrogen) atoms. The number of rotatable bonds is 4. The van der Waals surface area contributed by atoms with E-state index in [0.717, 1.165) is 0 Å². The minimum atomic E-state index is -0.564. The van der Waals surface area contributed by atoms with Gasteiger partial charge in [0, 0.05) is 30.4 Å². The van der Waals surface area contributed by atoms with Crippen molar-refractivity contribution in [3.63, 3.8) is 0 Å². The van der Waals surface area contributed by atoms with Gasteiger partial charge in [-0.3, -0.25) is 4.68 Å². The topological polar surface area (TPSA) is 78.8 Å². The summed E-state index contributed by atoms with van der Waals surface area (Å²) in [6.07, 6.45) is 3.06. The molecule has 4 aromatic rings. The molecule has 9 heteroatoms. The predicted octanol–water partition coefficient (Wildman–Crippen LogP) is 4.64. The van der Waals surface area contributed by atoms with E-state index >= 15 is 4.39 Å². The minimum Gasteiger partial charge on any atom is -0.486 e. The fourth-order valence-corrected chi connectivity index (χ4v) is 3.36. The number of nitrogens with zero attached hydrogens (tertiary/aromatic N) is 4. The molecule has 2 N–H and O–H groups in total. The summed E-state index contributed by atoms with van der Waals surface area (Å²) in [5.74, 6) is -0.177. The molecule has 0 unspecified atom stereocenters. The highest BCUT2D eigenvalue weighted by molar-refractivity contribution is 6.44. The second kappa shape index (κ2) is 7.26. The quantitative estimate of drug-likeness (QED) is 0.523. The highest BCUT2D eigenvalue weighted by Crippen LogP contribution is 2.42. The molecule has 0 atom stereocenters. The molecule has 0 amide bonds. The van der Waals surface area contributed by atoms with Crippen molar-refractivity contribution in [1.82, 2.24) is 19.7 Å². The number of hydrogen-bond acceptors (Lipinski definition) is 5. The molecule has 2 heterocycles. The molecular formula is C19H14Cl2FN5O. The Hall–Kier alpha value is -2.90. The van der Waals surface area contributed by atoms with Gasteiger partial charge < -0.3 is 10.5 Å². The molecular weight excluding hydrogens is 404 g/mol. The van der Waals surface area contributed by atoms with E-state index in [9.17, 15) is 0 Å². The Morgan fingerprint density at radius 2 is 2.04 bits per heavy atom. The summed E-state index contributed by atoms with van der Waals surface area (Å²) in [5, 5.41) is 5.17. The molecule has 0 radical (unpaired) electrons. The number of halogens is 3. The zero-order valence-electron chi connectivity index (χ0n) is 14.7. The lowest BCUT2D eigenvalue weighted by Gasteiger charge is -2.15. The van der Waals surface area contributed by atoms with Crippen LogP contribution in [0.2, 0.25) is 10.0 Å². The van der Waals surface area contributed by atoms with E-state index in [1.165, 1.54) is 12.4 Å². The number of aromatic nitrogens is 4. The molecule has 0 saturated carbocycles. The van der Waals surface area contributed by atoms with Crippen molar-refractivity contribution in [3.8, 4) is 16.9 Å². The Bertz CT molecular complexity index is 1190. The predicted molar refractivity (Wildman–Crippen MR) is 107 cm³/mol. The van der Waals surface area contributed by atoms with Crippen LogP contribution in [0, 0.1) is 5.82 Å². The van der Waals surface area contributed by atoms with Crippen LogP contribution in [0.3, 0.4) is 0 Å². The number of nitrogen functional groups attached to an aromatic ring is 1. The van der Waals surface area contributed by atoms with E-state index < -0.39 is 5.82 Å². The summed E-state index contributed by atoms with van der Waals surface area (Å²) in [5.41, 5.74) is 7.63. The molecule has 0 saturated heterocycles. The van der Waals surface area contributed by atoms with Crippen LogP contribution >= 0.6 is 23.2 Å². The number of fused-ring (bicyclic) bond motifs is 1. The van der Waals surface area contributed by atoms with Crippen LogP contribution in [0.25, 0.3) is 22.0 Å². The SMILES string of the molecule is Cn1ccc(COc2cc(F)c(-c3cccc(Cl)c3Cl)c3ncnc(N)c23)n1. The Balaban J connectivity index is 1.88. The van der Waals surface area contributed by atoms with Gasteiger partial charge in [-0.05, 0) is 12.1 Å². The number of aryl methyl sites for hydroxylation is 1. The maximum atomic E-state index is 15.1. The number of anilines is 1. The van der Waals surface area contributed by atoms with Crippen molar-refractivity contribution in [2.75, 3.05) is 5.73 Å². The molecule has 0 aliphatic heterocycles. The second-order valence-corrected chi connectivity index (χ2v) is 6.87. The van der Waals surface area contributed by atoms with Gasteiger partial charge >= 0.3 is 0 Å². The van der Waals surface area contributed by atoms with Crippen LogP contribution < -0.4 is 10.5 Å². The molecule has 2 aromatic heterocycles. The van der Waals surface area contributed by atoms with Gasteiger partial charge in [0.25, 0.3) is 0 Å². The van der Waals surface area contributed by atoms with Gasteiger partial charge in [0.1, 0.15) is 30.3 Å². The van der Waals surface area contributed by atoms with E-state index in [0.29, 0.717) is 21.7 Å². The third-order valence-corrected chi connectivity index (χ3v) is 5.04. The molecule has 4 rings (SSSR count). The third kappa shape index (κ3) is 3.23. The summed E-state index contributed by atoms with van der Waals surface area (Å²) >= 11 is 12.4. The lowest BCUT2D eigenvalue weighted by Crippen LogP contribution is -2.03. The van der Waals surface area contributed by atoms with E-state index in [1.807, 2.05) is 0 Å². The maximum Gasteiger partial charge on any atom is 0.138 e. The summed E-state index contributed by atoms with van der Waals surface area (Å²) < 4.78 is 22.6. The first-order chi connectivity index (χ1) is 13.5. The highest BCUT2D eigenvalue weighted by atomic mass is 35.5. The first kappa shape index (κ1) is 18.5. The molecule has 0 aliphatic rings. The summed E-state index contributed by atoms with van der Waals surface area (Å²) in [4.78, 5) is 8.25. The van der Waals surface area contributed by atoms with Gasteiger partial charge in [0.15, 0.2) is 0 Å². The lowest BCUT2D eigenvalue weighted by atomic mass is 10.0. The van der Waals surface area contributed by atoms with Crippen LogP contribution in [-0.4, -0.2) is 19.7 Å². The number of benzene rings is 2. The smallest absolute Gasteiger partial charge is 0.138 e. The Morgan fingerprint density at radius 3 is 2.79 bits per heavy atom. The van der Waals surface area contributed by atoms with Gasteiger partial charge in [-0.15, -0.1) is 0 Å². The average molecular weight is 418 g/mol. The lowest BCUT2D eigenvalue weighted by molar-refractivity contribution is 0.302. The van der Waals surface area contributed by atoms with E-state index in [4.69, 9.17) is 33.7 Å². The average Bonchev–Trinajstić information content (AvgIpc) is 3.08. The van der Waals surface area contributed by atoms with Crippen molar-refractivity contribution < 1.29 is 9.13 Å². The second-order valence-electron chi connectivity index (χ2n) is 6.08. The fraction of sp³-hybridized carbons (Fsp3) is 0.105. The summed E-state index contributed by atoms with van der Waals surface area (Å²) in [6, 6.07) is 8.03. The summed E-state index contributed by atoms with van der Waals surface area (Å²) in [7, 11) is 1.80. The fourth-order valence-electron chi connectivity index (χ4n) is 2.96. The first-order valence-electron chi connectivity index (χ1n) is 8.24. The molecule has 2 aromatic carbocycles. The van der Waals surface area contributed by atoms with Crippen LogP contribution in [0.5, 0.6) is 5.75 Å².